The Balaban J connectivity index is 1.71. The summed E-state index contributed by atoms with van der Waals surface area (Å²) in [5, 5.41) is 3.19. The third-order valence-electron chi connectivity index (χ3n) is 3.46. The van der Waals surface area contributed by atoms with Crippen molar-refractivity contribution < 1.29 is 13.6 Å². The van der Waals surface area contributed by atoms with E-state index in [4.69, 9.17) is 0 Å². The van der Waals surface area contributed by atoms with Crippen molar-refractivity contribution in [1.82, 2.24) is 9.97 Å². The molecule has 0 saturated heterocycles. The zero-order valence-electron chi connectivity index (χ0n) is 14.1. The van der Waals surface area contributed by atoms with Crippen molar-refractivity contribution in [3.63, 3.8) is 0 Å². The molecule has 3 aromatic rings. The van der Waals surface area contributed by atoms with Crippen LogP contribution in [0.25, 0.3) is 0 Å². The van der Waals surface area contributed by atoms with E-state index in [1.165, 1.54) is 11.8 Å². The van der Waals surface area contributed by atoms with Gasteiger partial charge in [0.1, 0.15) is 11.6 Å². The lowest BCUT2D eigenvalue weighted by Gasteiger charge is -2.07. The molecule has 3 rings (SSSR count). The first kappa shape index (κ1) is 18.0. The lowest BCUT2D eigenvalue weighted by Crippen LogP contribution is -2.14. The third kappa shape index (κ3) is 4.43. The molecular formula is C19H15F2N3OS. The molecule has 26 heavy (non-hydrogen) atoms. The van der Waals surface area contributed by atoms with Gasteiger partial charge >= 0.3 is 0 Å². The summed E-state index contributed by atoms with van der Waals surface area (Å²) in [6.07, 6.45) is 0. The molecule has 0 atom stereocenters. The number of hydrogen-bond acceptors (Lipinski definition) is 4. The summed E-state index contributed by atoms with van der Waals surface area (Å²) < 4.78 is 26.9. The number of aromatic nitrogens is 2. The number of nitrogens with zero attached hydrogens (tertiary/aromatic N) is 2. The second kappa shape index (κ2) is 7.61. The molecular weight excluding hydrogens is 356 g/mol. The van der Waals surface area contributed by atoms with Gasteiger partial charge in [-0.1, -0.05) is 0 Å². The smallest absolute Gasteiger partial charge is 0.258 e. The van der Waals surface area contributed by atoms with Gasteiger partial charge < -0.3 is 5.32 Å². The van der Waals surface area contributed by atoms with E-state index in [-0.39, 0.29) is 5.56 Å². The third-order valence-corrected chi connectivity index (χ3v) is 4.33. The number of nitrogens with one attached hydrogen (secondary N) is 1. The molecule has 2 aromatic carbocycles. The Morgan fingerprint density at radius 3 is 2.27 bits per heavy atom. The number of rotatable bonds is 4. The monoisotopic (exact) mass is 371 g/mol. The fourth-order valence-electron chi connectivity index (χ4n) is 2.32. The Morgan fingerprint density at radius 2 is 1.62 bits per heavy atom. The number of aryl methyl sites for hydroxylation is 2. The van der Waals surface area contributed by atoms with E-state index < -0.39 is 17.5 Å². The van der Waals surface area contributed by atoms with Gasteiger partial charge in [0.2, 0.25) is 0 Å². The molecule has 0 aliphatic heterocycles. The summed E-state index contributed by atoms with van der Waals surface area (Å²) in [5.74, 6) is -2.15. The molecule has 132 valence electrons. The van der Waals surface area contributed by atoms with E-state index >= 15 is 0 Å². The van der Waals surface area contributed by atoms with E-state index in [2.05, 4.69) is 15.3 Å². The fraction of sp³-hybridized carbons (Fsp3) is 0.105. The first-order valence-electron chi connectivity index (χ1n) is 7.77. The van der Waals surface area contributed by atoms with Crippen molar-refractivity contribution >= 4 is 23.4 Å². The molecule has 0 unspecified atom stereocenters. The van der Waals surface area contributed by atoms with Gasteiger partial charge in [-0.3, -0.25) is 4.79 Å². The highest BCUT2D eigenvalue weighted by Crippen LogP contribution is 2.26. The van der Waals surface area contributed by atoms with Crippen LogP contribution in [-0.2, 0) is 0 Å². The van der Waals surface area contributed by atoms with Crippen molar-refractivity contribution in [2.24, 2.45) is 0 Å². The van der Waals surface area contributed by atoms with E-state index in [9.17, 15) is 13.6 Å². The highest BCUT2D eigenvalue weighted by molar-refractivity contribution is 7.99. The zero-order valence-corrected chi connectivity index (χ0v) is 14.9. The molecule has 0 spiro atoms. The molecule has 1 N–H and O–H groups in total. The zero-order chi connectivity index (χ0) is 18.7. The van der Waals surface area contributed by atoms with Gasteiger partial charge in [0.05, 0.1) is 5.56 Å². The maximum Gasteiger partial charge on any atom is 0.258 e. The average Bonchev–Trinajstić information content (AvgIpc) is 2.58. The molecule has 0 radical (unpaired) electrons. The van der Waals surface area contributed by atoms with Gasteiger partial charge in [0, 0.05) is 22.0 Å². The molecule has 0 aliphatic carbocycles. The Labute approximate surface area is 153 Å². The molecule has 4 nitrogen and oxygen atoms in total. The summed E-state index contributed by atoms with van der Waals surface area (Å²) in [6, 6.07) is 11.6. The quantitative estimate of drug-likeness (QED) is 0.671. The Kier molecular flexibility index (Phi) is 5.27. The normalized spacial score (nSPS) is 10.6. The number of hydrogen-bond donors (Lipinski definition) is 1. The fourth-order valence-corrected chi connectivity index (χ4v) is 3.18. The first-order valence-corrected chi connectivity index (χ1v) is 8.59. The molecule has 7 heteroatoms. The molecule has 1 amide bonds. The van der Waals surface area contributed by atoms with Crippen LogP contribution in [-0.4, -0.2) is 15.9 Å². The van der Waals surface area contributed by atoms with Gasteiger partial charge in [-0.2, -0.15) is 0 Å². The van der Waals surface area contributed by atoms with Gasteiger partial charge in [0.25, 0.3) is 5.91 Å². The van der Waals surface area contributed by atoms with E-state index in [1.807, 2.05) is 19.9 Å². The standard InChI is InChI=1S/C19H15F2N3OS/c1-11-9-12(2)23-19(22-11)26-15-6-4-14(5-7-15)24-18(25)16-10-13(20)3-8-17(16)21/h3-10H,1-2H3,(H,24,25). The van der Waals surface area contributed by atoms with Crippen LogP contribution in [0.4, 0.5) is 14.5 Å². The number of carbonyl (C=O) groups is 1. The number of carbonyl (C=O) groups excluding carboxylic acids is 1. The number of halogens is 2. The highest BCUT2D eigenvalue weighted by atomic mass is 32.2. The summed E-state index contributed by atoms with van der Waals surface area (Å²) in [6.45, 7) is 3.81. The minimum atomic E-state index is -0.775. The van der Waals surface area contributed by atoms with Crippen molar-refractivity contribution in [1.29, 1.82) is 0 Å². The van der Waals surface area contributed by atoms with E-state index in [0.717, 1.165) is 34.5 Å². The van der Waals surface area contributed by atoms with Crippen LogP contribution in [0.3, 0.4) is 0 Å². The Bertz CT molecular complexity index is 941. The van der Waals surface area contributed by atoms with Crippen molar-refractivity contribution in [2.75, 3.05) is 5.32 Å². The Morgan fingerprint density at radius 1 is 0.962 bits per heavy atom. The Hall–Kier alpha value is -2.80. The minimum Gasteiger partial charge on any atom is -0.322 e. The van der Waals surface area contributed by atoms with Crippen LogP contribution in [0.2, 0.25) is 0 Å². The van der Waals surface area contributed by atoms with E-state index in [1.54, 1.807) is 24.3 Å². The second-order valence-electron chi connectivity index (χ2n) is 5.64. The summed E-state index contributed by atoms with van der Waals surface area (Å²) >= 11 is 1.40. The minimum absolute atomic E-state index is 0.341. The number of amides is 1. The number of benzene rings is 2. The lowest BCUT2D eigenvalue weighted by molar-refractivity contribution is 0.102. The molecule has 0 fully saturated rings. The first-order chi connectivity index (χ1) is 12.4. The predicted molar refractivity (Wildman–Crippen MR) is 96.4 cm³/mol. The lowest BCUT2D eigenvalue weighted by atomic mass is 10.2. The largest absolute Gasteiger partial charge is 0.322 e. The van der Waals surface area contributed by atoms with Gasteiger partial charge in [-0.05, 0) is 74.1 Å². The molecule has 0 saturated carbocycles. The van der Waals surface area contributed by atoms with Gasteiger partial charge in [-0.25, -0.2) is 18.7 Å². The molecule has 0 bridgehead atoms. The van der Waals surface area contributed by atoms with Crippen LogP contribution < -0.4 is 5.32 Å². The van der Waals surface area contributed by atoms with Gasteiger partial charge in [0.15, 0.2) is 5.16 Å². The maximum atomic E-state index is 13.6. The van der Waals surface area contributed by atoms with E-state index in [0.29, 0.717) is 10.8 Å². The van der Waals surface area contributed by atoms with Crippen LogP contribution in [0, 0.1) is 25.5 Å². The molecule has 0 aliphatic rings. The molecule has 1 heterocycles. The van der Waals surface area contributed by atoms with Crippen molar-refractivity contribution in [3.8, 4) is 0 Å². The number of anilines is 1. The predicted octanol–water partition coefficient (Wildman–Crippen LogP) is 4.78. The van der Waals surface area contributed by atoms with Crippen LogP contribution >= 0.6 is 11.8 Å². The van der Waals surface area contributed by atoms with Crippen LogP contribution in [0.5, 0.6) is 0 Å². The van der Waals surface area contributed by atoms with Crippen molar-refractivity contribution in [2.45, 2.75) is 23.9 Å². The summed E-state index contributed by atoms with van der Waals surface area (Å²) in [5.41, 5.74) is 1.92. The molecule has 1 aromatic heterocycles. The average molecular weight is 371 g/mol. The van der Waals surface area contributed by atoms with Crippen LogP contribution in [0.15, 0.2) is 58.6 Å². The summed E-state index contributed by atoms with van der Waals surface area (Å²) in [4.78, 5) is 21.7. The van der Waals surface area contributed by atoms with Crippen molar-refractivity contribution in [3.05, 3.63) is 77.1 Å². The highest BCUT2D eigenvalue weighted by Gasteiger charge is 2.13. The second-order valence-corrected chi connectivity index (χ2v) is 6.68. The maximum absolute atomic E-state index is 13.6. The van der Waals surface area contributed by atoms with Crippen LogP contribution in [0.1, 0.15) is 21.7 Å². The SMILES string of the molecule is Cc1cc(C)nc(Sc2ccc(NC(=O)c3cc(F)ccc3F)cc2)n1. The topological polar surface area (TPSA) is 54.9 Å². The van der Waals surface area contributed by atoms with Gasteiger partial charge in [-0.15, -0.1) is 0 Å². The summed E-state index contributed by atoms with van der Waals surface area (Å²) in [7, 11) is 0.